The molecule has 0 unspecified atom stereocenters. The molecule has 1 saturated heterocycles. The van der Waals surface area contributed by atoms with E-state index in [1.165, 1.54) is 11.9 Å². The third-order valence-corrected chi connectivity index (χ3v) is 4.93. The van der Waals surface area contributed by atoms with E-state index < -0.39 is 6.09 Å². The maximum atomic E-state index is 12.7. The minimum Gasteiger partial charge on any atom is -0.465 e. The van der Waals surface area contributed by atoms with Gasteiger partial charge >= 0.3 is 6.09 Å². The molecule has 0 aromatic heterocycles. The Labute approximate surface area is 159 Å². The molecule has 0 atom stereocenters. The molecule has 1 aromatic carbocycles. The smallest absolute Gasteiger partial charge is 0.407 e. The van der Waals surface area contributed by atoms with E-state index in [4.69, 9.17) is 10.8 Å². The zero-order valence-electron chi connectivity index (χ0n) is 15.9. The van der Waals surface area contributed by atoms with Gasteiger partial charge in [0, 0.05) is 50.4 Å². The molecular formula is C19H28N4O4. The summed E-state index contributed by atoms with van der Waals surface area (Å²) in [4.78, 5) is 38.6. The highest BCUT2D eigenvalue weighted by atomic mass is 16.4. The highest BCUT2D eigenvalue weighted by molar-refractivity contribution is 5.96. The number of amides is 3. The van der Waals surface area contributed by atoms with Crippen molar-refractivity contribution in [2.75, 3.05) is 39.0 Å². The van der Waals surface area contributed by atoms with Crippen LogP contribution in [0.5, 0.6) is 0 Å². The maximum Gasteiger partial charge on any atom is 0.407 e. The molecule has 3 amide bonds. The fourth-order valence-electron chi connectivity index (χ4n) is 3.21. The van der Waals surface area contributed by atoms with E-state index in [2.05, 4.69) is 5.32 Å². The van der Waals surface area contributed by atoms with E-state index in [1.807, 2.05) is 6.92 Å². The molecule has 0 aliphatic carbocycles. The van der Waals surface area contributed by atoms with Crippen LogP contribution in [-0.2, 0) is 4.79 Å². The number of carboxylic acid groups (broad SMARTS) is 1. The largest absolute Gasteiger partial charge is 0.465 e. The number of likely N-dealkylation sites (tertiary alicyclic amines) is 1. The number of rotatable bonds is 6. The van der Waals surface area contributed by atoms with Crippen LogP contribution in [0.3, 0.4) is 0 Å². The second-order valence-corrected chi connectivity index (χ2v) is 6.99. The van der Waals surface area contributed by atoms with Crippen LogP contribution >= 0.6 is 0 Å². The van der Waals surface area contributed by atoms with Crippen LogP contribution < -0.4 is 11.1 Å². The van der Waals surface area contributed by atoms with Crippen molar-refractivity contribution in [2.45, 2.75) is 26.2 Å². The highest BCUT2D eigenvalue weighted by Crippen LogP contribution is 2.21. The van der Waals surface area contributed by atoms with Crippen molar-refractivity contribution in [3.63, 3.8) is 0 Å². The zero-order valence-corrected chi connectivity index (χ0v) is 15.9. The molecule has 8 nitrogen and oxygen atoms in total. The Kier molecular flexibility index (Phi) is 7.04. The summed E-state index contributed by atoms with van der Waals surface area (Å²) in [6.45, 7) is 3.78. The SMILES string of the molecule is Cc1cc(N)ccc1C(=O)N1CCC(C(=O)NCCCN(C)C(=O)O)CC1. The lowest BCUT2D eigenvalue weighted by Gasteiger charge is -2.31. The summed E-state index contributed by atoms with van der Waals surface area (Å²) >= 11 is 0. The molecule has 0 bridgehead atoms. The average Bonchev–Trinajstić information content (AvgIpc) is 2.64. The van der Waals surface area contributed by atoms with Gasteiger partial charge in [0.2, 0.25) is 5.91 Å². The number of nitrogens with zero attached hydrogens (tertiary/aromatic N) is 2. The second-order valence-electron chi connectivity index (χ2n) is 6.99. The molecule has 1 heterocycles. The van der Waals surface area contributed by atoms with Crippen LogP contribution in [0.1, 0.15) is 35.2 Å². The molecule has 8 heteroatoms. The van der Waals surface area contributed by atoms with Gasteiger partial charge in [-0.1, -0.05) is 0 Å². The topological polar surface area (TPSA) is 116 Å². The maximum absolute atomic E-state index is 12.7. The third kappa shape index (κ3) is 5.60. The second kappa shape index (κ2) is 9.25. The minimum atomic E-state index is -0.977. The molecule has 1 aromatic rings. The summed E-state index contributed by atoms with van der Waals surface area (Å²) < 4.78 is 0. The van der Waals surface area contributed by atoms with Crippen LogP contribution in [0.2, 0.25) is 0 Å². The molecule has 1 fully saturated rings. The fourth-order valence-corrected chi connectivity index (χ4v) is 3.21. The first-order valence-corrected chi connectivity index (χ1v) is 9.16. The van der Waals surface area contributed by atoms with E-state index in [-0.39, 0.29) is 17.7 Å². The van der Waals surface area contributed by atoms with Crippen LogP contribution in [0.4, 0.5) is 10.5 Å². The summed E-state index contributed by atoms with van der Waals surface area (Å²) in [5, 5.41) is 11.6. The lowest BCUT2D eigenvalue weighted by Crippen LogP contribution is -2.43. The Morgan fingerprint density at radius 2 is 1.96 bits per heavy atom. The van der Waals surface area contributed by atoms with Gasteiger partial charge in [0.15, 0.2) is 0 Å². The molecule has 0 spiro atoms. The van der Waals surface area contributed by atoms with Crippen molar-refractivity contribution in [3.05, 3.63) is 29.3 Å². The van der Waals surface area contributed by atoms with Gasteiger partial charge in [-0.3, -0.25) is 9.59 Å². The first kappa shape index (κ1) is 20.5. The Morgan fingerprint density at radius 3 is 2.56 bits per heavy atom. The lowest BCUT2D eigenvalue weighted by molar-refractivity contribution is -0.126. The number of nitrogen functional groups attached to an aromatic ring is 1. The van der Waals surface area contributed by atoms with Gasteiger partial charge in [-0.2, -0.15) is 0 Å². The normalized spacial score (nSPS) is 14.7. The van der Waals surface area contributed by atoms with Crippen molar-refractivity contribution in [2.24, 2.45) is 5.92 Å². The molecule has 4 N–H and O–H groups in total. The van der Waals surface area contributed by atoms with E-state index in [0.29, 0.717) is 56.7 Å². The van der Waals surface area contributed by atoms with Crippen LogP contribution in [0, 0.1) is 12.8 Å². The number of nitrogens with two attached hydrogens (primary N) is 1. The Balaban J connectivity index is 1.76. The number of carbonyl (C=O) groups is 3. The predicted molar refractivity (Wildman–Crippen MR) is 103 cm³/mol. The molecular weight excluding hydrogens is 348 g/mol. The van der Waals surface area contributed by atoms with E-state index >= 15 is 0 Å². The number of benzene rings is 1. The van der Waals surface area contributed by atoms with Crippen LogP contribution in [0.15, 0.2) is 18.2 Å². The van der Waals surface area contributed by atoms with E-state index in [9.17, 15) is 14.4 Å². The molecule has 0 saturated carbocycles. The van der Waals surface area contributed by atoms with Gasteiger partial charge in [0.05, 0.1) is 0 Å². The zero-order chi connectivity index (χ0) is 20.0. The minimum absolute atomic E-state index is 0.0243. The summed E-state index contributed by atoms with van der Waals surface area (Å²) in [5.74, 6) is -0.162. The molecule has 0 radical (unpaired) electrons. The summed E-state index contributed by atoms with van der Waals surface area (Å²) in [6.07, 6.45) is 0.846. The highest BCUT2D eigenvalue weighted by Gasteiger charge is 2.28. The van der Waals surface area contributed by atoms with E-state index in [0.717, 1.165) is 5.56 Å². The first-order chi connectivity index (χ1) is 12.8. The summed E-state index contributed by atoms with van der Waals surface area (Å²) in [7, 11) is 1.50. The number of anilines is 1. The lowest BCUT2D eigenvalue weighted by atomic mass is 9.95. The van der Waals surface area contributed by atoms with Crippen molar-refractivity contribution in [1.29, 1.82) is 0 Å². The number of aryl methyl sites for hydroxylation is 1. The quantitative estimate of drug-likeness (QED) is 0.514. The van der Waals surface area contributed by atoms with Crippen molar-refractivity contribution >= 4 is 23.6 Å². The number of hydrogen-bond donors (Lipinski definition) is 3. The van der Waals surface area contributed by atoms with Crippen molar-refractivity contribution in [3.8, 4) is 0 Å². The first-order valence-electron chi connectivity index (χ1n) is 9.16. The van der Waals surface area contributed by atoms with Gasteiger partial charge in [-0.05, 0) is 49.9 Å². The Morgan fingerprint density at radius 1 is 1.30 bits per heavy atom. The number of hydrogen-bond acceptors (Lipinski definition) is 4. The van der Waals surface area contributed by atoms with E-state index in [1.54, 1.807) is 23.1 Å². The molecule has 1 aliphatic heterocycles. The molecule has 148 valence electrons. The molecule has 1 aliphatic rings. The van der Waals surface area contributed by atoms with Gasteiger partial charge in [-0.25, -0.2) is 4.79 Å². The summed E-state index contributed by atoms with van der Waals surface area (Å²) in [5.41, 5.74) is 7.87. The van der Waals surface area contributed by atoms with Crippen molar-refractivity contribution in [1.82, 2.24) is 15.1 Å². The Hall–Kier alpha value is -2.77. The third-order valence-electron chi connectivity index (χ3n) is 4.93. The predicted octanol–water partition coefficient (Wildman–Crippen LogP) is 1.55. The van der Waals surface area contributed by atoms with Crippen LogP contribution in [-0.4, -0.2) is 66.0 Å². The number of carbonyl (C=O) groups excluding carboxylic acids is 2. The van der Waals surface area contributed by atoms with Gasteiger partial charge in [0.25, 0.3) is 5.91 Å². The Bertz CT molecular complexity index is 699. The summed E-state index contributed by atoms with van der Waals surface area (Å²) in [6, 6.07) is 5.26. The average molecular weight is 376 g/mol. The van der Waals surface area contributed by atoms with Crippen LogP contribution in [0.25, 0.3) is 0 Å². The van der Waals surface area contributed by atoms with Crippen molar-refractivity contribution < 1.29 is 19.5 Å². The monoisotopic (exact) mass is 376 g/mol. The standard InChI is InChI=1S/C19H28N4O4/c1-13-12-15(20)4-5-16(13)18(25)23-10-6-14(7-11-23)17(24)21-8-3-9-22(2)19(26)27/h4-5,12,14H,3,6-11,20H2,1-2H3,(H,21,24)(H,26,27). The number of nitrogens with one attached hydrogen (secondary N) is 1. The van der Waals surface area contributed by atoms with Gasteiger partial charge in [-0.15, -0.1) is 0 Å². The molecule has 27 heavy (non-hydrogen) atoms. The number of piperidine rings is 1. The fraction of sp³-hybridized carbons (Fsp3) is 0.526. The molecule has 2 rings (SSSR count). The van der Waals surface area contributed by atoms with Gasteiger partial charge in [0.1, 0.15) is 0 Å². The van der Waals surface area contributed by atoms with Gasteiger partial charge < -0.3 is 26.0 Å².